The van der Waals surface area contributed by atoms with Gasteiger partial charge in [-0.25, -0.2) is 8.78 Å². The molecule has 1 aromatic heterocycles. The molecule has 0 bridgehead atoms. The molecule has 7 heteroatoms. The maximum atomic E-state index is 11.9. The van der Waals surface area contributed by atoms with Crippen molar-refractivity contribution in [1.82, 2.24) is 5.32 Å². The number of hydrogen-bond donors (Lipinski definition) is 2. The number of amides is 1. The fourth-order valence-electron chi connectivity index (χ4n) is 0.841. The van der Waals surface area contributed by atoms with Crippen LogP contribution in [0.3, 0.4) is 0 Å². The Morgan fingerprint density at radius 2 is 2.38 bits per heavy atom. The number of hydrogen-bond acceptors (Lipinski definition) is 4. The number of thioether (sulfide) groups is 1. The van der Waals surface area contributed by atoms with E-state index >= 15 is 0 Å². The van der Waals surface area contributed by atoms with Crippen LogP contribution in [0.1, 0.15) is 0 Å². The maximum absolute atomic E-state index is 11.9. The first-order valence-corrected chi connectivity index (χ1v) is 6.35. The summed E-state index contributed by atoms with van der Waals surface area (Å²) in [5.74, 6) is -0.200. The zero-order valence-corrected chi connectivity index (χ0v) is 9.86. The van der Waals surface area contributed by atoms with Gasteiger partial charge in [-0.15, -0.1) is 23.1 Å². The van der Waals surface area contributed by atoms with Gasteiger partial charge in [-0.2, -0.15) is 0 Å². The van der Waals surface area contributed by atoms with E-state index in [-0.39, 0.29) is 11.7 Å². The minimum atomic E-state index is -2.83. The Kier molecular flexibility index (Phi) is 5.72. The quantitative estimate of drug-likeness (QED) is 0.769. The second-order valence-corrected chi connectivity index (χ2v) is 5.15. The first-order valence-electron chi connectivity index (χ1n) is 4.49. The van der Waals surface area contributed by atoms with Crippen molar-refractivity contribution in [2.24, 2.45) is 0 Å². The molecule has 1 unspecified atom stereocenters. The van der Waals surface area contributed by atoms with E-state index in [1.165, 1.54) is 23.1 Å². The van der Waals surface area contributed by atoms with Crippen molar-refractivity contribution >= 4 is 29.0 Å². The first kappa shape index (κ1) is 13.4. The zero-order valence-electron chi connectivity index (χ0n) is 8.23. The molecule has 2 N–H and O–H groups in total. The van der Waals surface area contributed by atoms with Crippen LogP contribution >= 0.6 is 23.1 Å². The zero-order chi connectivity index (χ0) is 12.0. The predicted octanol–water partition coefficient (Wildman–Crippen LogP) is 1.58. The standard InChI is InChI=1S/C9H11F2NO2S2/c10-9(11)6(13)4-12-7(14)5-16-8-2-1-3-15-8/h1-3,6,9,13H,4-5H2,(H,12,14). The molecule has 0 aliphatic heterocycles. The van der Waals surface area contributed by atoms with Crippen LogP contribution in [0.5, 0.6) is 0 Å². The number of halogens is 2. The fourth-order valence-corrected chi connectivity index (χ4v) is 2.46. The van der Waals surface area contributed by atoms with Crippen molar-refractivity contribution in [2.75, 3.05) is 12.3 Å². The Morgan fingerprint density at radius 3 is 2.94 bits per heavy atom. The van der Waals surface area contributed by atoms with E-state index in [4.69, 9.17) is 5.11 Å². The van der Waals surface area contributed by atoms with Crippen molar-refractivity contribution in [3.8, 4) is 0 Å². The number of rotatable bonds is 6. The van der Waals surface area contributed by atoms with E-state index < -0.39 is 19.1 Å². The van der Waals surface area contributed by atoms with Gasteiger partial charge in [-0.05, 0) is 11.4 Å². The third-order valence-electron chi connectivity index (χ3n) is 1.64. The molecule has 0 aliphatic carbocycles. The van der Waals surface area contributed by atoms with Crippen LogP contribution < -0.4 is 5.32 Å². The number of nitrogens with one attached hydrogen (secondary N) is 1. The number of aliphatic hydroxyl groups is 1. The lowest BCUT2D eigenvalue weighted by Crippen LogP contribution is -2.36. The smallest absolute Gasteiger partial charge is 0.265 e. The molecule has 1 rings (SSSR count). The Bertz CT molecular complexity index is 319. The molecule has 0 aromatic carbocycles. The Balaban J connectivity index is 2.16. The highest BCUT2D eigenvalue weighted by atomic mass is 32.2. The highest BCUT2D eigenvalue weighted by Crippen LogP contribution is 2.22. The van der Waals surface area contributed by atoms with Gasteiger partial charge in [0.2, 0.25) is 5.91 Å². The normalized spacial score (nSPS) is 12.8. The molecule has 90 valence electrons. The van der Waals surface area contributed by atoms with Crippen LogP contribution in [0, 0.1) is 0 Å². The third-order valence-corrected chi connectivity index (χ3v) is 3.77. The predicted molar refractivity (Wildman–Crippen MR) is 60.1 cm³/mol. The van der Waals surface area contributed by atoms with Gasteiger partial charge in [0.15, 0.2) is 0 Å². The molecule has 0 spiro atoms. The van der Waals surface area contributed by atoms with Crippen LogP contribution in [-0.4, -0.2) is 35.8 Å². The SMILES string of the molecule is O=C(CSc1cccs1)NCC(O)C(F)F. The molecule has 1 atom stereocenters. The second-order valence-electron chi connectivity index (χ2n) is 2.93. The number of carbonyl (C=O) groups excluding carboxylic acids is 1. The van der Waals surface area contributed by atoms with Crippen molar-refractivity contribution in [2.45, 2.75) is 16.7 Å². The molecule has 0 aliphatic rings. The van der Waals surface area contributed by atoms with Gasteiger partial charge >= 0.3 is 0 Å². The summed E-state index contributed by atoms with van der Waals surface area (Å²) in [4.78, 5) is 11.2. The minimum Gasteiger partial charge on any atom is -0.385 e. The summed E-state index contributed by atoms with van der Waals surface area (Å²) < 4.78 is 24.8. The van der Waals surface area contributed by atoms with Gasteiger partial charge in [0, 0.05) is 6.54 Å². The number of alkyl halides is 2. The summed E-state index contributed by atoms with van der Waals surface area (Å²) in [6.45, 7) is -0.415. The largest absolute Gasteiger partial charge is 0.385 e. The van der Waals surface area contributed by atoms with E-state index in [2.05, 4.69) is 5.32 Å². The Hall–Kier alpha value is -0.660. The summed E-state index contributed by atoms with van der Waals surface area (Å²) in [7, 11) is 0. The average molecular weight is 267 g/mol. The lowest BCUT2D eigenvalue weighted by molar-refractivity contribution is -0.119. The van der Waals surface area contributed by atoms with Crippen LogP contribution in [0.2, 0.25) is 0 Å². The summed E-state index contributed by atoms with van der Waals surface area (Å²) in [6, 6.07) is 3.74. The summed E-state index contributed by atoms with van der Waals surface area (Å²) in [5, 5.41) is 12.9. The van der Waals surface area contributed by atoms with E-state index in [0.29, 0.717) is 0 Å². The molecule has 0 radical (unpaired) electrons. The van der Waals surface area contributed by atoms with Crippen LogP contribution in [0.4, 0.5) is 8.78 Å². The number of aliphatic hydroxyl groups excluding tert-OH is 1. The molecular formula is C9H11F2NO2S2. The number of carbonyl (C=O) groups is 1. The molecule has 16 heavy (non-hydrogen) atoms. The van der Waals surface area contributed by atoms with Gasteiger partial charge in [0.05, 0.1) is 9.96 Å². The molecule has 0 saturated heterocycles. The lowest BCUT2D eigenvalue weighted by atomic mass is 10.4. The maximum Gasteiger partial charge on any atom is 0.265 e. The van der Waals surface area contributed by atoms with Gasteiger partial charge < -0.3 is 10.4 Å². The second kappa shape index (κ2) is 6.82. The van der Waals surface area contributed by atoms with Crippen LogP contribution in [0.25, 0.3) is 0 Å². The minimum absolute atomic E-state index is 0.163. The molecule has 1 aromatic rings. The van der Waals surface area contributed by atoms with Crippen LogP contribution in [0.15, 0.2) is 21.7 Å². The lowest BCUT2D eigenvalue weighted by Gasteiger charge is -2.10. The van der Waals surface area contributed by atoms with Crippen molar-refractivity contribution in [3.63, 3.8) is 0 Å². The van der Waals surface area contributed by atoms with Crippen molar-refractivity contribution in [3.05, 3.63) is 17.5 Å². The summed E-state index contributed by atoms with van der Waals surface area (Å²) in [6.07, 6.45) is -4.62. The Labute approximate surface area is 99.9 Å². The van der Waals surface area contributed by atoms with E-state index in [1.54, 1.807) is 0 Å². The van der Waals surface area contributed by atoms with E-state index in [1.807, 2.05) is 17.5 Å². The number of thiophene rings is 1. The summed E-state index contributed by atoms with van der Waals surface area (Å²) in [5.41, 5.74) is 0. The third kappa shape index (κ3) is 4.91. The summed E-state index contributed by atoms with van der Waals surface area (Å²) >= 11 is 2.84. The fraction of sp³-hybridized carbons (Fsp3) is 0.444. The molecule has 0 saturated carbocycles. The average Bonchev–Trinajstić information content (AvgIpc) is 2.75. The molecule has 3 nitrogen and oxygen atoms in total. The molecule has 1 amide bonds. The van der Waals surface area contributed by atoms with E-state index in [0.717, 1.165) is 4.21 Å². The van der Waals surface area contributed by atoms with Crippen LogP contribution in [-0.2, 0) is 4.79 Å². The van der Waals surface area contributed by atoms with Gasteiger partial charge in [0.1, 0.15) is 6.10 Å². The monoisotopic (exact) mass is 267 g/mol. The van der Waals surface area contributed by atoms with Crippen molar-refractivity contribution < 1.29 is 18.7 Å². The topological polar surface area (TPSA) is 49.3 Å². The van der Waals surface area contributed by atoms with Gasteiger partial charge in [0.25, 0.3) is 6.43 Å². The van der Waals surface area contributed by atoms with Crippen molar-refractivity contribution in [1.29, 1.82) is 0 Å². The van der Waals surface area contributed by atoms with Gasteiger partial charge in [-0.1, -0.05) is 6.07 Å². The first-order chi connectivity index (χ1) is 7.59. The molecule has 1 heterocycles. The molecule has 0 fully saturated rings. The highest BCUT2D eigenvalue weighted by Gasteiger charge is 2.17. The Morgan fingerprint density at radius 1 is 1.62 bits per heavy atom. The highest BCUT2D eigenvalue weighted by molar-refractivity contribution is 8.01. The molecular weight excluding hydrogens is 256 g/mol. The van der Waals surface area contributed by atoms with Gasteiger partial charge in [-0.3, -0.25) is 4.79 Å². The van der Waals surface area contributed by atoms with E-state index in [9.17, 15) is 13.6 Å².